The van der Waals surface area contributed by atoms with Gasteiger partial charge in [-0.2, -0.15) is 13.2 Å². The van der Waals surface area contributed by atoms with Crippen LogP contribution in [0.1, 0.15) is 31.2 Å². The van der Waals surface area contributed by atoms with Gasteiger partial charge >= 0.3 is 6.18 Å². The molecule has 124 valence electrons. The lowest BCUT2D eigenvalue weighted by molar-refractivity contribution is -0.183. The van der Waals surface area contributed by atoms with E-state index in [0.29, 0.717) is 18.4 Å². The van der Waals surface area contributed by atoms with Gasteiger partial charge in [-0.05, 0) is 37.0 Å². The van der Waals surface area contributed by atoms with E-state index in [1.54, 1.807) is 0 Å². The van der Waals surface area contributed by atoms with Crippen molar-refractivity contribution in [2.45, 2.75) is 43.7 Å². The van der Waals surface area contributed by atoms with Crippen molar-refractivity contribution >= 4 is 10.0 Å². The van der Waals surface area contributed by atoms with Crippen LogP contribution in [-0.4, -0.2) is 20.6 Å². The quantitative estimate of drug-likeness (QED) is 0.855. The fraction of sp³-hybridized carbons (Fsp3) is 0.571. The van der Waals surface area contributed by atoms with Gasteiger partial charge < -0.3 is 0 Å². The Kier molecular flexibility index (Phi) is 5.11. The second kappa shape index (κ2) is 6.54. The molecule has 1 N–H and O–H groups in total. The van der Waals surface area contributed by atoms with Crippen LogP contribution in [0.5, 0.6) is 0 Å². The largest absolute Gasteiger partial charge is 0.391 e. The Bertz CT molecular complexity index is 598. The molecule has 0 saturated heterocycles. The van der Waals surface area contributed by atoms with Gasteiger partial charge in [0.05, 0.1) is 11.7 Å². The predicted octanol–water partition coefficient (Wildman–Crippen LogP) is 3.37. The Morgan fingerprint density at radius 3 is 2.36 bits per heavy atom. The Hall–Kier alpha value is -1.15. The molecule has 2 atom stereocenters. The lowest BCUT2D eigenvalue weighted by atomic mass is 9.86. The van der Waals surface area contributed by atoms with Crippen LogP contribution in [0.2, 0.25) is 0 Å². The number of sulfonamides is 1. The van der Waals surface area contributed by atoms with Gasteiger partial charge in [-0.25, -0.2) is 17.5 Å². The minimum Gasteiger partial charge on any atom is -0.212 e. The molecular weight excluding hydrogens is 322 g/mol. The monoisotopic (exact) mass is 339 g/mol. The molecule has 1 fully saturated rings. The molecule has 0 amide bonds. The topological polar surface area (TPSA) is 46.2 Å². The molecule has 1 saturated carbocycles. The second-order valence-electron chi connectivity index (χ2n) is 5.61. The summed E-state index contributed by atoms with van der Waals surface area (Å²) >= 11 is 0. The van der Waals surface area contributed by atoms with Gasteiger partial charge in [0.1, 0.15) is 5.82 Å². The first kappa shape index (κ1) is 17.2. The van der Waals surface area contributed by atoms with Gasteiger partial charge in [0, 0.05) is 6.04 Å². The molecule has 22 heavy (non-hydrogen) atoms. The second-order valence-corrected chi connectivity index (χ2v) is 7.36. The smallest absolute Gasteiger partial charge is 0.212 e. The highest BCUT2D eigenvalue weighted by atomic mass is 32.2. The Labute approximate surface area is 126 Å². The van der Waals surface area contributed by atoms with Crippen molar-refractivity contribution in [3.8, 4) is 0 Å². The van der Waals surface area contributed by atoms with Gasteiger partial charge in [-0.3, -0.25) is 0 Å². The summed E-state index contributed by atoms with van der Waals surface area (Å²) in [6.07, 6.45) is -3.74. The van der Waals surface area contributed by atoms with Crippen molar-refractivity contribution in [3.63, 3.8) is 0 Å². The van der Waals surface area contributed by atoms with E-state index in [4.69, 9.17) is 0 Å². The van der Waals surface area contributed by atoms with Crippen LogP contribution >= 0.6 is 0 Å². The normalized spacial score (nSPS) is 23.5. The van der Waals surface area contributed by atoms with Crippen LogP contribution in [0.4, 0.5) is 17.6 Å². The van der Waals surface area contributed by atoms with Crippen LogP contribution in [0.15, 0.2) is 24.3 Å². The van der Waals surface area contributed by atoms with Crippen LogP contribution in [0, 0.1) is 11.7 Å². The third kappa shape index (κ3) is 4.95. The van der Waals surface area contributed by atoms with Crippen LogP contribution in [0.3, 0.4) is 0 Å². The van der Waals surface area contributed by atoms with Crippen LogP contribution in [-0.2, 0) is 15.8 Å². The molecule has 0 heterocycles. The zero-order valence-electron chi connectivity index (χ0n) is 11.7. The maximum absolute atomic E-state index is 12.8. The van der Waals surface area contributed by atoms with E-state index in [9.17, 15) is 26.0 Å². The highest BCUT2D eigenvalue weighted by Gasteiger charge is 2.42. The van der Waals surface area contributed by atoms with E-state index in [1.165, 1.54) is 12.1 Å². The van der Waals surface area contributed by atoms with Crippen molar-refractivity contribution in [1.82, 2.24) is 4.72 Å². The number of benzene rings is 1. The third-order valence-corrected chi connectivity index (χ3v) is 5.16. The number of hydrogen-bond donors (Lipinski definition) is 1. The van der Waals surface area contributed by atoms with E-state index >= 15 is 0 Å². The van der Waals surface area contributed by atoms with E-state index in [2.05, 4.69) is 4.72 Å². The number of hydrogen-bond acceptors (Lipinski definition) is 2. The summed E-state index contributed by atoms with van der Waals surface area (Å²) in [5.41, 5.74) is 0.386. The Morgan fingerprint density at radius 2 is 1.77 bits per heavy atom. The molecule has 1 aliphatic rings. The van der Waals surface area contributed by atoms with Gasteiger partial charge in [0.25, 0.3) is 0 Å². The Balaban J connectivity index is 1.98. The van der Waals surface area contributed by atoms with Crippen molar-refractivity contribution in [1.29, 1.82) is 0 Å². The number of nitrogens with one attached hydrogen (secondary N) is 1. The summed E-state index contributed by atoms with van der Waals surface area (Å²) in [5, 5.41) is 0. The summed E-state index contributed by atoms with van der Waals surface area (Å²) < 4.78 is 77.3. The SMILES string of the molecule is O=S(=O)(Cc1ccc(F)cc1)N[C@H]1CCC[C@H](C(F)(F)F)C1. The van der Waals surface area contributed by atoms with Crippen LogP contribution < -0.4 is 4.72 Å². The highest BCUT2D eigenvalue weighted by molar-refractivity contribution is 7.88. The molecular formula is C14H17F4NO2S. The molecule has 1 aromatic rings. The van der Waals surface area contributed by atoms with Crippen molar-refractivity contribution in [2.75, 3.05) is 0 Å². The van der Waals surface area contributed by atoms with E-state index in [0.717, 1.165) is 12.1 Å². The Morgan fingerprint density at radius 1 is 1.14 bits per heavy atom. The fourth-order valence-corrected chi connectivity index (χ4v) is 4.13. The number of halogens is 4. The van der Waals surface area contributed by atoms with Gasteiger partial charge in [0.2, 0.25) is 10.0 Å². The minimum atomic E-state index is -4.29. The molecule has 0 spiro atoms. The standard InChI is InChI=1S/C14H17F4NO2S/c15-12-6-4-10(5-7-12)9-22(20,21)19-13-3-1-2-11(8-13)14(16,17)18/h4-7,11,13,19H,1-3,8-9H2/t11-,13-/m0/s1. The molecule has 8 heteroatoms. The highest BCUT2D eigenvalue weighted by Crippen LogP contribution is 2.37. The third-order valence-electron chi connectivity index (χ3n) is 3.75. The van der Waals surface area contributed by atoms with Crippen molar-refractivity contribution < 1.29 is 26.0 Å². The number of alkyl halides is 3. The molecule has 0 aliphatic heterocycles. The summed E-state index contributed by atoms with van der Waals surface area (Å²) in [6.45, 7) is 0. The van der Waals surface area contributed by atoms with Crippen LogP contribution in [0.25, 0.3) is 0 Å². The predicted molar refractivity (Wildman–Crippen MR) is 74.0 cm³/mol. The van der Waals surface area contributed by atoms with Gasteiger partial charge in [0.15, 0.2) is 0 Å². The van der Waals surface area contributed by atoms with Crippen molar-refractivity contribution in [2.24, 2.45) is 5.92 Å². The molecule has 0 bridgehead atoms. The fourth-order valence-electron chi connectivity index (χ4n) is 2.69. The zero-order chi connectivity index (χ0) is 16.4. The van der Waals surface area contributed by atoms with E-state index < -0.39 is 34.0 Å². The van der Waals surface area contributed by atoms with Crippen molar-refractivity contribution in [3.05, 3.63) is 35.6 Å². The first-order valence-electron chi connectivity index (χ1n) is 6.97. The van der Waals surface area contributed by atoms with E-state index in [-0.39, 0.29) is 18.6 Å². The summed E-state index contributed by atoms with van der Waals surface area (Å²) in [5.74, 6) is -2.31. The molecule has 0 aromatic heterocycles. The molecule has 2 rings (SSSR count). The lowest BCUT2D eigenvalue weighted by Crippen LogP contribution is -2.41. The lowest BCUT2D eigenvalue weighted by Gasteiger charge is -2.30. The molecule has 0 unspecified atom stereocenters. The first-order valence-corrected chi connectivity index (χ1v) is 8.62. The first-order chi connectivity index (χ1) is 10.2. The van der Waals surface area contributed by atoms with Gasteiger partial charge in [-0.1, -0.05) is 18.6 Å². The summed E-state index contributed by atoms with van der Waals surface area (Å²) in [4.78, 5) is 0. The average molecular weight is 339 g/mol. The number of rotatable bonds is 4. The molecule has 0 radical (unpaired) electrons. The summed E-state index contributed by atoms with van der Waals surface area (Å²) in [7, 11) is -3.76. The maximum atomic E-state index is 12.8. The minimum absolute atomic E-state index is 0.0414. The molecule has 3 nitrogen and oxygen atoms in total. The molecule has 1 aromatic carbocycles. The van der Waals surface area contributed by atoms with Gasteiger partial charge in [-0.15, -0.1) is 0 Å². The van der Waals surface area contributed by atoms with E-state index in [1.807, 2.05) is 0 Å². The summed E-state index contributed by atoms with van der Waals surface area (Å²) in [6, 6.07) is 4.27. The maximum Gasteiger partial charge on any atom is 0.391 e. The zero-order valence-corrected chi connectivity index (χ0v) is 12.6. The molecule has 1 aliphatic carbocycles. The average Bonchev–Trinajstić information content (AvgIpc) is 2.40.